The van der Waals surface area contributed by atoms with Gasteiger partial charge < -0.3 is 43.8 Å². The van der Waals surface area contributed by atoms with Crippen molar-refractivity contribution in [1.82, 2.24) is 14.9 Å². The maximum Gasteiger partial charge on any atom is 0.330 e. The average Bonchev–Trinajstić information content (AvgIpc) is 3.02. The molecule has 6 atom stereocenters. The Morgan fingerprint density at radius 2 is 2.03 bits per heavy atom. The molecule has 0 spiro atoms. The molecule has 1 aromatic heterocycles. The Morgan fingerprint density at radius 1 is 1.39 bits per heavy atom. The maximum atomic E-state index is 12.7. The molecule has 0 aliphatic carbocycles. The van der Waals surface area contributed by atoms with Crippen LogP contribution in [0.4, 0.5) is 0 Å². The average molecular weight is 463 g/mol. The Hall–Kier alpha value is -2.35. The van der Waals surface area contributed by atoms with Gasteiger partial charge in [-0.05, 0) is 0 Å². The predicted molar refractivity (Wildman–Crippen MR) is 97.7 cm³/mol. The molecule has 2 heterocycles. The molecule has 174 valence electrons. The fourth-order valence-electron chi connectivity index (χ4n) is 2.79. The number of methoxy groups -OCH3 is 1. The van der Waals surface area contributed by atoms with Crippen molar-refractivity contribution in [1.29, 1.82) is 0 Å². The molecular weight excluding hydrogens is 441 g/mol. The second-order valence-corrected chi connectivity index (χ2v) is 9.25. The highest BCUT2D eigenvalue weighted by Gasteiger charge is 2.52. The van der Waals surface area contributed by atoms with Gasteiger partial charge in [0.1, 0.15) is 19.8 Å². The lowest BCUT2D eigenvalue weighted by atomic mass is 10.1. The predicted octanol–water partition coefficient (Wildman–Crippen LogP) is -3.98. The molecule has 3 N–H and O–H groups in total. The summed E-state index contributed by atoms with van der Waals surface area (Å²) in [5.74, 6) is -2.95. The van der Waals surface area contributed by atoms with E-state index in [2.05, 4.69) is 0 Å². The number of aromatic amines is 1. The molecule has 1 aliphatic rings. The summed E-state index contributed by atoms with van der Waals surface area (Å²) in [6, 6.07) is -0.817. The number of carboxylic acid groups (broad SMARTS) is 1. The van der Waals surface area contributed by atoms with Gasteiger partial charge in [0.25, 0.3) is 11.5 Å². The highest BCUT2D eigenvalue weighted by Crippen LogP contribution is 2.48. The SMILES string of the molecule is CO[C@H]1C(OP(=O)([O-])C(C)C)[C@@H](C(=O)N[C@H](CO)C(=O)[O-])O[C@H]1n1ccc(=O)[nH]c1=O. The van der Waals surface area contributed by atoms with Crippen molar-refractivity contribution in [3.63, 3.8) is 0 Å². The Kier molecular flexibility index (Phi) is 7.92. The van der Waals surface area contributed by atoms with Crippen LogP contribution in [0.25, 0.3) is 0 Å². The first-order valence-corrected chi connectivity index (χ1v) is 10.6. The Balaban J connectivity index is 2.47. The van der Waals surface area contributed by atoms with Gasteiger partial charge in [-0.1, -0.05) is 13.8 Å². The minimum atomic E-state index is -4.55. The Morgan fingerprint density at radius 3 is 2.52 bits per heavy atom. The van der Waals surface area contributed by atoms with E-state index in [0.717, 1.165) is 23.9 Å². The summed E-state index contributed by atoms with van der Waals surface area (Å²) < 4.78 is 29.1. The van der Waals surface area contributed by atoms with Crippen LogP contribution in [0.3, 0.4) is 0 Å². The number of aliphatic hydroxyl groups excluding tert-OH is 1. The number of ether oxygens (including phenoxy) is 2. The molecule has 15 heteroatoms. The number of hydrogen-bond donors (Lipinski definition) is 3. The minimum absolute atomic E-state index is 0.709. The Bertz CT molecular complexity index is 974. The van der Waals surface area contributed by atoms with Crippen molar-refractivity contribution in [2.45, 2.75) is 50.1 Å². The lowest BCUT2D eigenvalue weighted by molar-refractivity contribution is -0.309. The first-order chi connectivity index (χ1) is 14.4. The Labute approximate surface area is 175 Å². The quantitative estimate of drug-likeness (QED) is 0.300. The van der Waals surface area contributed by atoms with Gasteiger partial charge in [0.15, 0.2) is 12.3 Å². The molecule has 2 unspecified atom stereocenters. The van der Waals surface area contributed by atoms with Crippen molar-refractivity contribution in [3.8, 4) is 0 Å². The molecule has 1 aliphatic heterocycles. The first-order valence-electron chi connectivity index (χ1n) is 9.03. The van der Waals surface area contributed by atoms with E-state index in [1.54, 1.807) is 0 Å². The lowest BCUT2D eigenvalue weighted by Gasteiger charge is -2.33. The third-order valence-electron chi connectivity index (χ3n) is 4.53. The summed E-state index contributed by atoms with van der Waals surface area (Å²) in [6.07, 6.45) is -5.09. The number of aliphatic hydroxyl groups is 1. The van der Waals surface area contributed by atoms with Gasteiger partial charge in [0, 0.05) is 25.0 Å². The number of H-pyrrole nitrogens is 1. The molecule has 0 radical (unpaired) electrons. The number of rotatable bonds is 9. The molecule has 1 saturated heterocycles. The van der Waals surface area contributed by atoms with E-state index in [4.69, 9.17) is 19.1 Å². The van der Waals surface area contributed by atoms with E-state index < -0.39 is 73.6 Å². The molecule has 0 saturated carbocycles. The summed E-state index contributed by atoms with van der Waals surface area (Å²) in [4.78, 5) is 61.5. The van der Waals surface area contributed by atoms with Crippen LogP contribution < -0.4 is 26.6 Å². The molecular formula is C16H22N3O11P-2. The second-order valence-electron chi connectivity index (χ2n) is 6.93. The fraction of sp³-hybridized carbons (Fsp3) is 0.625. The van der Waals surface area contributed by atoms with Gasteiger partial charge in [0.2, 0.25) is 0 Å². The van der Waals surface area contributed by atoms with Crippen LogP contribution in [0.15, 0.2) is 21.9 Å². The second kappa shape index (κ2) is 9.85. The normalized spacial score (nSPS) is 26.4. The van der Waals surface area contributed by atoms with Crippen molar-refractivity contribution in [2.24, 2.45) is 0 Å². The lowest BCUT2D eigenvalue weighted by Crippen LogP contribution is -2.54. The highest BCUT2D eigenvalue weighted by molar-refractivity contribution is 7.52. The molecule has 1 fully saturated rings. The number of hydrogen-bond acceptors (Lipinski definition) is 11. The molecule has 31 heavy (non-hydrogen) atoms. The number of carbonyl (C=O) groups excluding carboxylic acids is 2. The molecule has 14 nitrogen and oxygen atoms in total. The zero-order valence-corrected chi connectivity index (χ0v) is 17.6. The fourth-order valence-corrected chi connectivity index (χ4v) is 3.61. The third-order valence-corrected chi connectivity index (χ3v) is 6.33. The standard InChI is InChI=1S/C16H24N3O11P/c1-7(2)31(26,27)30-10-11(13(22)17-8(6-20)15(23)24)29-14(12(10)28-3)19-5-4-9(21)18-16(19)25/h4-5,7-8,10-12,14,20H,6H2,1-3H3,(H,17,22)(H,23,24)(H,26,27)(H,18,21,25)/p-2/t8-,10?,11+,12+,14-/m1/s1. The van der Waals surface area contributed by atoms with Gasteiger partial charge in [-0.2, -0.15) is 0 Å². The third kappa shape index (κ3) is 5.47. The number of amides is 1. The van der Waals surface area contributed by atoms with Crippen molar-refractivity contribution in [3.05, 3.63) is 33.1 Å². The van der Waals surface area contributed by atoms with E-state index in [1.165, 1.54) is 13.8 Å². The smallest absolute Gasteiger partial charge is 0.330 e. The van der Waals surface area contributed by atoms with E-state index >= 15 is 0 Å². The van der Waals surface area contributed by atoms with Gasteiger partial charge in [-0.15, -0.1) is 0 Å². The molecule has 0 bridgehead atoms. The van der Waals surface area contributed by atoms with Crippen molar-refractivity contribution >= 4 is 19.5 Å². The van der Waals surface area contributed by atoms with Gasteiger partial charge in [-0.3, -0.25) is 19.1 Å². The van der Waals surface area contributed by atoms with Gasteiger partial charge >= 0.3 is 5.69 Å². The number of carboxylic acids is 1. The topological polar surface area (TPSA) is 212 Å². The van der Waals surface area contributed by atoms with Crippen LogP contribution in [0, 0.1) is 0 Å². The van der Waals surface area contributed by atoms with E-state index in [9.17, 15) is 33.7 Å². The van der Waals surface area contributed by atoms with E-state index in [0.29, 0.717) is 0 Å². The van der Waals surface area contributed by atoms with Crippen LogP contribution in [0.5, 0.6) is 0 Å². The summed E-state index contributed by atoms with van der Waals surface area (Å²) >= 11 is 0. The molecule has 1 aromatic rings. The first kappa shape index (κ1) is 24.9. The number of aromatic nitrogens is 2. The van der Waals surface area contributed by atoms with Crippen molar-refractivity contribution < 1.29 is 43.3 Å². The summed E-state index contributed by atoms with van der Waals surface area (Å²) in [7, 11) is -3.40. The summed E-state index contributed by atoms with van der Waals surface area (Å²) in [5.41, 5.74) is -2.63. The summed E-state index contributed by atoms with van der Waals surface area (Å²) in [6.45, 7) is 1.67. The zero-order chi connectivity index (χ0) is 23.5. The molecule has 0 aromatic carbocycles. The number of carbonyl (C=O) groups is 2. The van der Waals surface area contributed by atoms with Crippen LogP contribution in [-0.4, -0.2) is 70.3 Å². The van der Waals surface area contributed by atoms with Crippen LogP contribution in [0.1, 0.15) is 20.1 Å². The van der Waals surface area contributed by atoms with Crippen molar-refractivity contribution in [2.75, 3.05) is 13.7 Å². The number of aliphatic carboxylic acids is 1. The molecule has 2 rings (SSSR count). The van der Waals surface area contributed by atoms with E-state index in [1.807, 2.05) is 10.3 Å². The minimum Gasteiger partial charge on any atom is -0.778 e. The number of nitrogens with zero attached hydrogens (tertiary/aromatic N) is 1. The number of nitrogens with one attached hydrogen (secondary N) is 2. The van der Waals surface area contributed by atoms with Crippen LogP contribution in [0.2, 0.25) is 0 Å². The van der Waals surface area contributed by atoms with Gasteiger partial charge in [0.05, 0.1) is 18.6 Å². The maximum absolute atomic E-state index is 12.7. The highest BCUT2D eigenvalue weighted by atomic mass is 31.2. The monoisotopic (exact) mass is 463 g/mol. The van der Waals surface area contributed by atoms with Crippen LogP contribution in [-0.2, 0) is 28.2 Å². The van der Waals surface area contributed by atoms with Gasteiger partial charge in [-0.25, -0.2) is 4.79 Å². The molecule has 1 amide bonds. The largest absolute Gasteiger partial charge is 0.778 e. The van der Waals surface area contributed by atoms with Crippen LogP contribution >= 0.6 is 7.60 Å². The summed E-state index contributed by atoms with van der Waals surface area (Å²) in [5, 5.41) is 22.0. The zero-order valence-electron chi connectivity index (χ0n) is 16.8. The van der Waals surface area contributed by atoms with E-state index in [-0.39, 0.29) is 0 Å².